The molecule has 1 atom stereocenters. The molecule has 0 saturated carbocycles. The third kappa shape index (κ3) is 5.71. The molecule has 0 aromatic rings. The first kappa shape index (κ1) is 18.5. The summed E-state index contributed by atoms with van der Waals surface area (Å²) >= 11 is 0. The van der Waals surface area contributed by atoms with Crippen LogP contribution < -0.4 is 11.1 Å². The van der Waals surface area contributed by atoms with Crippen LogP contribution in [0, 0.1) is 0 Å². The predicted octanol–water partition coefficient (Wildman–Crippen LogP) is 1.85. The van der Waals surface area contributed by atoms with Gasteiger partial charge in [0.2, 0.25) is 0 Å². The minimum atomic E-state index is -0.667. The van der Waals surface area contributed by atoms with Crippen molar-refractivity contribution in [1.82, 2.24) is 10.2 Å². The Balaban J connectivity index is 2.66. The monoisotopic (exact) mass is 315 g/mol. The van der Waals surface area contributed by atoms with Gasteiger partial charge in [-0.3, -0.25) is 0 Å². The third-order valence-electron chi connectivity index (χ3n) is 3.16. The molecule has 0 aliphatic carbocycles. The van der Waals surface area contributed by atoms with Gasteiger partial charge in [-0.1, -0.05) is 0 Å². The summed E-state index contributed by atoms with van der Waals surface area (Å²) in [4.78, 5) is 25.6. The third-order valence-corrected chi connectivity index (χ3v) is 3.16. The molecule has 0 radical (unpaired) electrons. The highest BCUT2D eigenvalue weighted by molar-refractivity contribution is 5.71. The predicted molar refractivity (Wildman–Crippen MR) is 83.6 cm³/mol. The molecule has 1 aliphatic rings. The van der Waals surface area contributed by atoms with E-state index in [0.29, 0.717) is 19.5 Å². The second kappa shape index (κ2) is 6.32. The van der Waals surface area contributed by atoms with Gasteiger partial charge in [0.05, 0.1) is 5.54 Å². The number of hydrogen-bond acceptors (Lipinski definition) is 5. The summed E-state index contributed by atoms with van der Waals surface area (Å²) in [7, 11) is 0. The summed E-state index contributed by atoms with van der Waals surface area (Å²) in [5.41, 5.74) is 4.02. The SMILES string of the molecule is CC(C)(C)OC(=O)N[C@]1(CN)CCN(C(=O)OC(C)(C)C)C1. The molecule has 0 unspecified atom stereocenters. The molecule has 1 aliphatic heterocycles. The first-order chi connectivity index (χ1) is 9.86. The summed E-state index contributed by atoms with van der Waals surface area (Å²) in [5.74, 6) is 0. The van der Waals surface area contributed by atoms with E-state index in [1.165, 1.54) is 0 Å². The summed E-state index contributed by atoms with van der Waals surface area (Å²) < 4.78 is 10.6. The number of nitrogens with zero attached hydrogens (tertiary/aromatic N) is 1. The number of amides is 2. The van der Waals surface area contributed by atoms with Crippen LogP contribution in [0.25, 0.3) is 0 Å². The van der Waals surface area contributed by atoms with Crippen LogP contribution in [0.4, 0.5) is 9.59 Å². The number of nitrogens with one attached hydrogen (secondary N) is 1. The fourth-order valence-corrected chi connectivity index (χ4v) is 2.19. The summed E-state index contributed by atoms with van der Waals surface area (Å²) in [6, 6.07) is 0. The number of nitrogens with two attached hydrogens (primary N) is 1. The van der Waals surface area contributed by atoms with Crippen LogP contribution in [-0.4, -0.2) is 53.5 Å². The van der Waals surface area contributed by atoms with Crippen molar-refractivity contribution in [3.8, 4) is 0 Å². The Morgan fingerprint density at radius 3 is 2.14 bits per heavy atom. The van der Waals surface area contributed by atoms with Crippen molar-refractivity contribution in [2.75, 3.05) is 19.6 Å². The topological polar surface area (TPSA) is 93.9 Å². The minimum absolute atomic E-state index is 0.228. The van der Waals surface area contributed by atoms with Gasteiger partial charge in [-0.15, -0.1) is 0 Å². The fraction of sp³-hybridized carbons (Fsp3) is 0.867. The number of hydrogen-bond donors (Lipinski definition) is 2. The van der Waals surface area contributed by atoms with E-state index in [1.54, 1.807) is 25.7 Å². The first-order valence-corrected chi connectivity index (χ1v) is 7.55. The van der Waals surface area contributed by atoms with Crippen LogP contribution in [0.1, 0.15) is 48.0 Å². The van der Waals surface area contributed by atoms with E-state index in [0.717, 1.165) is 0 Å². The second-order valence-corrected chi connectivity index (χ2v) is 7.76. The van der Waals surface area contributed by atoms with Crippen molar-refractivity contribution in [2.24, 2.45) is 5.73 Å². The van der Waals surface area contributed by atoms with Crippen molar-refractivity contribution < 1.29 is 19.1 Å². The number of ether oxygens (including phenoxy) is 2. The first-order valence-electron chi connectivity index (χ1n) is 7.55. The summed E-state index contributed by atoms with van der Waals surface area (Å²) in [6.07, 6.45) is -0.347. The highest BCUT2D eigenvalue weighted by atomic mass is 16.6. The van der Waals surface area contributed by atoms with Crippen LogP contribution in [0.2, 0.25) is 0 Å². The Morgan fingerprint density at radius 2 is 1.68 bits per heavy atom. The van der Waals surface area contributed by atoms with Gasteiger partial charge in [-0.2, -0.15) is 0 Å². The van der Waals surface area contributed by atoms with Crippen LogP contribution in [0.15, 0.2) is 0 Å². The van der Waals surface area contributed by atoms with Gasteiger partial charge in [-0.05, 0) is 48.0 Å². The number of carbonyl (C=O) groups excluding carboxylic acids is 2. The van der Waals surface area contributed by atoms with E-state index < -0.39 is 28.9 Å². The highest BCUT2D eigenvalue weighted by Gasteiger charge is 2.42. The van der Waals surface area contributed by atoms with Gasteiger partial charge in [0.25, 0.3) is 0 Å². The molecule has 7 nitrogen and oxygen atoms in total. The molecule has 0 bridgehead atoms. The molecular formula is C15H29N3O4. The maximum absolute atomic E-state index is 12.1. The Hall–Kier alpha value is -1.50. The van der Waals surface area contributed by atoms with Crippen molar-refractivity contribution in [1.29, 1.82) is 0 Å². The largest absolute Gasteiger partial charge is 0.444 e. The molecule has 22 heavy (non-hydrogen) atoms. The van der Waals surface area contributed by atoms with Crippen molar-refractivity contribution in [2.45, 2.75) is 64.7 Å². The van der Waals surface area contributed by atoms with Crippen LogP contribution >= 0.6 is 0 Å². The zero-order valence-corrected chi connectivity index (χ0v) is 14.5. The number of alkyl carbamates (subject to hydrolysis) is 1. The van der Waals surface area contributed by atoms with Crippen LogP contribution in [-0.2, 0) is 9.47 Å². The number of rotatable bonds is 2. The Morgan fingerprint density at radius 1 is 1.14 bits per heavy atom. The van der Waals surface area contributed by atoms with Gasteiger partial charge in [0, 0.05) is 19.6 Å². The van der Waals surface area contributed by atoms with Gasteiger partial charge >= 0.3 is 12.2 Å². The highest BCUT2D eigenvalue weighted by Crippen LogP contribution is 2.23. The van der Waals surface area contributed by atoms with Crippen LogP contribution in [0.5, 0.6) is 0 Å². The van der Waals surface area contributed by atoms with Crippen LogP contribution in [0.3, 0.4) is 0 Å². The van der Waals surface area contributed by atoms with Gasteiger partial charge in [0.1, 0.15) is 11.2 Å². The molecule has 0 spiro atoms. The van der Waals surface area contributed by atoms with E-state index in [-0.39, 0.29) is 6.54 Å². The molecule has 128 valence electrons. The van der Waals surface area contributed by atoms with Gasteiger partial charge < -0.3 is 25.4 Å². The average Bonchev–Trinajstić information content (AvgIpc) is 2.69. The summed E-state index contributed by atoms with van der Waals surface area (Å²) in [5, 5.41) is 2.81. The molecular weight excluding hydrogens is 286 g/mol. The van der Waals surface area contributed by atoms with E-state index in [4.69, 9.17) is 15.2 Å². The minimum Gasteiger partial charge on any atom is -0.444 e. The molecule has 1 saturated heterocycles. The lowest BCUT2D eigenvalue weighted by atomic mass is 9.99. The van der Waals surface area contributed by atoms with Gasteiger partial charge in [0.15, 0.2) is 0 Å². The Labute approximate surface area is 132 Å². The lowest BCUT2D eigenvalue weighted by Gasteiger charge is -2.31. The van der Waals surface area contributed by atoms with Crippen molar-refractivity contribution >= 4 is 12.2 Å². The average molecular weight is 315 g/mol. The van der Waals surface area contributed by atoms with E-state index in [9.17, 15) is 9.59 Å². The van der Waals surface area contributed by atoms with E-state index >= 15 is 0 Å². The molecule has 0 aromatic heterocycles. The van der Waals surface area contributed by atoms with E-state index in [2.05, 4.69) is 5.32 Å². The Bertz CT molecular complexity index is 425. The molecule has 1 rings (SSSR count). The van der Waals surface area contributed by atoms with Crippen molar-refractivity contribution in [3.63, 3.8) is 0 Å². The zero-order chi connectivity index (χ0) is 17.2. The standard InChI is InChI=1S/C15H29N3O4/c1-13(2,3)21-11(19)17-15(9-16)7-8-18(10-15)12(20)22-14(4,5)6/h7-10,16H2,1-6H3,(H,17,19)/t15-/m0/s1. The molecule has 3 N–H and O–H groups in total. The van der Waals surface area contributed by atoms with Gasteiger partial charge in [-0.25, -0.2) is 9.59 Å². The normalized spacial score (nSPS) is 22.4. The maximum atomic E-state index is 12.1. The van der Waals surface area contributed by atoms with E-state index in [1.807, 2.05) is 20.8 Å². The molecule has 7 heteroatoms. The molecule has 1 heterocycles. The second-order valence-electron chi connectivity index (χ2n) is 7.76. The number of carbonyl (C=O) groups is 2. The number of likely N-dealkylation sites (tertiary alicyclic amines) is 1. The molecule has 1 fully saturated rings. The lowest BCUT2D eigenvalue weighted by Crippen LogP contribution is -2.56. The lowest BCUT2D eigenvalue weighted by molar-refractivity contribution is 0.0264. The summed E-state index contributed by atoms with van der Waals surface area (Å²) in [6.45, 7) is 11.9. The Kier molecular flexibility index (Phi) is 5.33. The van der Waals surface area contributed by atoms with Crippen molar-refractivity contribution in [3.05, 3.63) is 0 Å². The quantitative estimate of drug-likeness (QED) is 0.811. The fourth-order valence-electron chi connectivity index (χ4n) is 2.19. The molecule has 0 aromatic carbocycles. The zero-order valence-electron chi connectivity index (χ0n) is 14.5. The maximum Gasteiger partial charge on any atom is 0.410 e. The smallest absolute Gasteiger partial charge is 0.410 e. The molecule has 2 amide bonds.